The van der Waals surface area contributed by atoms with E-state index in [1.807, 2.05) is 0 Å². The number of rotatable bonds is 3. The van der Waals surface area contributed by atoms with Gasteiger partial charge in [0.25, 0.3) is 0 Å². The van der Waals surface area contributed by atoms with Crippen molar-refractivity contribution in [3.05, 3.63) is 28.2 Å². The molecule has 2 saturated heterocycles. The van der Waals surface area contributed by atoms with Crippen LogP contribution in [0.15, 0.2) is 22.7 Å². The Hall–Kier alpha value is -0.580. The molecule has 2 fully saturated rings. The quantitative estimate of drug-likeness (QED) is 0.925. The van der Waals surface area contributed by atoms with Crippen molar-refractivity contribution in [1.82, 2.24) is 10.2 Å². The molecule has 1 atom stereocenters. The maximum absolute atomic E-state index is 5.48. The van der Waals surface area contributed by atoms with E-state index in [9.17, 15) is 0 Å². The minimum atomic E-state index is 0.544. The number of methoxy groups -OCH3 is 1. The van der Waals surface area contributed by atoms with Crippen molar-refractivity contribution in [2.75, 3.05) is 33.3 Å². The molecule has 104 valence electrons. The summed E-state index contributed by atoms with van der Waals surface area (Å²) >= 11 is 3.50. The maximum atomic E-state index is 5.48. The fraction of sp³-hybridized carbons (Fsp3) is 0.600. The third kappa shape index (κ3) is 2.81. The van der Waals surface area contributed by atoms with Gasteiger partial charge >= 0.3 is 0 Å². The predicted molar refractivity (Wildman–Crippen MR) is 80.5 cm³/mol. The summed E-state index contributed by atoms with van der Waals surface area (Å²) in [6.45, 7) is 5.81. The van der Waals surface area contributed by atoms with Gasteiger partial charge in [-0.05, 0) is 43.5 Å². The average Bonchev–Trinajstić information content (AvgIpc) is 3.03. The van der Waals surface area contributed by atoms with Crippen LogP contribution in [0.5, 0.6) is 5.75 Å². The molecule has 0 aliphatic carbocycles. The van der Waals surface area contributed by atoms with Crippen LogP contribution in [0.4, 0.5) is 0 Å². The van der Waals surface area contributed by atoms with E-state index < -0.39 is 0 Å². The fourth-order valence-electron chi connectivity index (χ4n) is 3.40. The van der Waals surface area contributed by atoms with Crippen LogP contribution >= 0.6 is 15.9 Å². The van der Waals surface area contributed by atoms with Crippen molar-refractivity contribution in [3.8, 4) is 5.75 Å². The molecule has 1 unspecified atom stereocenters. The molecule has 2 heterocycles. The van der Waals surface area contributed by atoms with Crippen LogP contribution in [0, 0.1) is 5.41 Å². The number of hydrogen-bond acceptors (Lipinski definition) is 3. The predicted octanol–water partition coefficient (Wildman–Crippen LogP) is 2.64. The van der Waals surface area contributed by atoms with E-state index in [4.69, 9.17) is 4.74 Å². The second-order valence-electron chi connectivity index (χ2n) is 5.84. The Kier molecular flexibility index (Phi) is 3.83. The van der Waals surface area contributed by atoms with Gasteiger partial charge in [-0.3, -0.25) is 4.90 Å². The monoisotopic (exact) mass is 324 g/mol. The van der Waals surface area contributed by atoms with Gasteiger partial charge in [-0.2, -0.15) is 0 Å². The Labute approximate surface area is 123 Å². The summed E-state index contributed by atoms with van der Waals surface area (Å²) in [5, 5.41) is 3.51. The second-order valence-corrected chi connectivity index (χ2v) is 6.76. The smallest absolute Gasteiger partial charge is 0.124 e. The number of halogens is 1. The van der Waals surface area contributed by atoms with Gasteiger partial charge in [-0.25, -0.2) is 0 Å². The molecule has 0 saturated carbocycles. The molecular weight excluding hydrogens is 304 g/mol. The zero-order chi connectivity index (χ0) is 13.3. The van der Waals surface area contributed by atoms with Crippen LogP contribution in [-0.2, 0) is 6.54 Å². The Morgan fingerprint density at radius 3 is 3.05 bits per heavy atom. The molecule has 0 amide bonds. The van der Waals surface area contributed by atoms with Gasteiger partial charge < -0.3 is 10.1 Å². The third-order valence-electron chi connectivity index (χ3n) is 4.49. The van der Waals surface area contributed by atoms with E-state index in [2.05, 4.69) is 44.3 Å². The lowest BCUT2D eigenvalue weighted by Crippen LogP contribution is -2.29. The number of nitrogens with one attached hydrogen (secondary N) is 1. The normalized spacial score (nSPS) is 27.3. The summed E-state index contributed by atoms with van der Waals surface area (Å²) in [4.78, 5) is 2.57. The fourth-order valence-corrected chi connectivity index (χ4v) is 3.74. The zero-order valence-corrected chi connectivity index (χ0v) is 13.0. The number of hydrogen-bond donors (Lipinski definition) is 1. The molecule has 3 nitrogen and oxygen atoms in total. The van der Waals surface area contributed by atoms with Gasteiger partial charge in [0, 0.05) is 29.7 Å². The van der Waals surface area contributed by atoms with Gasteiger partial charge in [0.15, 0.2) is 0 Å². The topological polar surface area (TPSA) is 24.5 Å². The first-order valence-corrected chi connectivity index (χ1v) is 7.76. The highest BCUT2D eigenvalue weighted by Crippen LogP contribution is 2.37. The summed E-state index contributed by atoms with van der Waals surface area (Å²) in [6.07, 6.45) is 2.67. The first kappa shape index (κ1) is 13.4. The van der Waals surface area contributed by atoms with Crippen LogP contribution in [0.3, 0.4) is 0 Å². The van der Waals surface area contributed by atoms with Crippen molar-refractivity contribution in [1.29, 1.82) is 0 Å². The van der Waals surface area contributed by atoms with Crippen LogP contribution in [0.2, 0.25) is 0 Å². The van der Waals surface area contributed by atoms with Crippen LogP contribution in [0.25, 0.3) is 0 Å². The Balaban J connectivity index is 1.69. The van der Waals surface area contributed by atoms with Crippen LogP contribution in [-0.4, -0.2) is 38.2 Å². The molecule has 4 heteroatoms. The summed E-state index contributed by atoms with van der Waals surface area (Å²) in [5.74, 6) is 0.986. The minimum Gasteiger partial charge on any atom is -0.496 e. The lowest BCUT2D eigenvalue weighted by Gasteiger charge is -2.23. The van der Waals surface area contributed by atoms with Gasteiger partial charge in [0.05, 0.1) is 7.11 Å². The van der Waals surface area contributed by atoms with Gasteiger partial charge in [0.1, 0.15) is 5.75 Å². The molecule has 3 rings (SSSR count). The molecular formula is C15H21BrN2O. The summed E-state index contributed by atoms with van der Waals surface area (Å²) in [6, 6.07) is 6.32. The molecule has 1 aromatic carbocycles. The number of ether oxygens (including phenoxy) is 1. The largest absolute Gasteiger partial charge is 0.496 e. The first-order valence-electron chi connectivity index (χ1n) is 6.96. The Bertz CT molecular complexity index is 457. The van der Waals surface area contributed by atoms with Crippen molar-refractivity contribution in [2.45, 2.75) is 19.4 Å². The van der Waals surface area contributed by atoms with E-state index in [0.29, 0.717) is 5.41 Å². The molecule has 0 bridgehead atoms. The molecule has 0 radical (unpaired) electrons. The van der Waals surface area contributed by atoms with E-state index in [-0.39, 0.29) is 0 Å². The highest BCUT2D eigenvalue weighted by molar-refractivity contribution is 9.10. The number of benzene rings is 1. The molecule has 0 aromatic heterocycles. The van der Waals surface area contributed by atoms with E-state index >= 15 is 0 Å². The molecule has 1 aromatic rings. The highest BCUT2D eigenvalue weighted by atomic mass is 79.9. The second kappa shape index (κ2) is 5.43. The Morgan fingerprint density at radius 1 is 1.42 bits per heavy atom. The zero-order valence-electron chi connectivity index (χ0n) is 11.4. The maximum Gasteiger partial charge on any atom is 0.124 e. The van der Waals surface area contributed by atoms with Crippen LogP contribution < -0.4 is 10.1 Å². The molecule has 2 aliphatic heterocycles. The van der Waals surface area contributed by atoms with Crippen molar-refractivity contribution >= 4 is 15.9 Å². The first-order chi connectivity index (χ1) is 9.21. The Morgan fingerprint density at radius 2 is 2.32 bits per heavy atom. The third-order valence-corrected chi connectivity index (χ3v) is 4.99. The summed E-state index contributed by atoms with van der Waals surface area (Å²) < 4.78 is 6.56. The lowest BCUT2D eigenvalue weighted by molar-refractivity contribution is 0.265. The van der Waals surface area contributed by atoms with E-state index in [1.165, 1.54) is 44.6 Å². The molecule has 1 spiro atoms. The van der Waals surface area contributed by atoms with Gasteiger partial charge in [0.2, 0.25) is 0 Å². The molecule has 19 heavy (non-hydrogen) atoms. The minimum absolute atomic E-state index is 0.544. The summed E-state index contributed by atoms with van der Waals surface area (Å²) in [5.41, 5.74) is 1.83. The molecule has 1 N–H and O–H groups in total. The average molecular weight is 325 g/mol. The lowest BCUT2D eigenvalue weighted by atomic mass is 9.86. The SMILES string of the molecule is COc1cc(Br)ccc1CN1CCC2(CCNC2)C1. The number of nitrogens with zero attached hydrogens (tertiary/aromatic N) is 1. The summed E-state index contributed by atoms with van der Waals surface area (Å²) in [7, 11) is 1.75. The van der Waals surface area contributed by atoms with Crippen molar-refractivity contribution in [3.63, 3.8) is 0 Å². The highest BCUT2D eigenvalue weighted by Gasteiger charge is 2.40. The van der Waals surface area contributed by atoms with E-state index in [1.54, 1.807) is 7.11 Å². The number of likely N-dealkylation sites (tertiary alicyclic amines) is 1. The van der Waals surface area contributed by atoms with Crippen molar-refractivity contribution < 1.29 is 4.74 Å². The molecule has 2 aliphatic rings. The van der Waals surface area contributed by atoms with E-state index in [0.717, 1.165) is 16.8 Å². The van der Waals surface area contributed by atoms with Crippen molar-refractivity contribution in [2.24, 2.45) is 5.41 Å². The standard InChI is InChI=1S/C15H21BrN2O/c1-19-14-8-13(16)3-2-12(14)9-18-7-5-15(11-18)4-6-17-10-15/h2-3,8,17H,4-7,9-11H2,1H3. The van der Waals surface area contributed by atoms with Crippen LogP contribution in [0.1, 0.15) is 18.4 Å². The van der Waals surface area contributed by atoms with Gasteiger partial charge in [-0.1, -0.05) is 22.0 Å². The van der Waals surface area contributed by atoms with Gasteiger partial charge in [-0.15, -0.1) is 0 Å².